The molecule has 4 atom stereocenters. The van der Waals surface area contributed by atoms with Gasteiger partial charge in [0.2, 0.25) is 23.6 Å². The predicted octanol–water partition coefficient (Wildman–Crippen LogP) is -0.767. The summed E-state index contributed by atoms with van der Waals surface area (Å²) in [6, 6.07) is 13.0. The van der Waals surface area contributed by atoms with Crippen molar-refractivity contribution >= 4 is 29.6 Å². The lowest BCUT2D eigenvalue weighted by molar-refractivity contribution is -0.143. The molecule has 11 heteroatoms. The van der Waals surface area contributed by atoms with Gasteiger partial charge >= 0.3 is 5.97 Å². The van der Waals surface area contributed by atoms with E-state index >= 15 is 0 Å². The van der Waals surface area contributed by atoms with E-state index in [1.54, 1.807) is 54.6 Å². The average Bonchev–Trinajstić information content (AvgIpc) is 2.83. The van der Waals surface area contributed by atoms with Crippen LogP contribution < -0.4 is 27.4 Å². The van der Waals surface area contributed by atoms with Crippen LogP contribution in [0.2, 0.25) is 0 Å². The minimum Gasteiger partial charge on any atom is -0.480 e. The van der Waals surface area contributed by atoms with Crippen LogP contribution in [0.4, 0.5) is 0 Å². The van der Waals surface area contributed by atoms with Crippen molar-refractivity contribution in [2.75, 3.05) is 0 Å². The minimum absolute atomic E-state index is 0.0284. The van der Waals surface area contributed by atoms with E-state index < -0.39 is 60.2 Å². The highest BCUT2D eigenvalue weighted by atomic mass is 16.4. The summed E-state index contributed by atoms with van der Waals surface area (Å²) >= 11 is 0. The third kappa shape index (κ3) is 9.18. The number of hydrogen-bond donors (Lipinski definition) is 6. The molecule has 2 aromatic carbocycles. The summed E-state index contributed by atoms with van der Waals surface area (Å²) in [5.41, 5.74) is 12.2. The number of primary amides is 1. The summed E-state index contributed by atoms with van der Waals surface area (Å²) < 4.78 is 0. The molecule has 0 aliphatic rings. The molecule has 0 bridgehead atoms. The van der Waals surface area contributed by atoms with Crippen LogP contribution >= 0.6 is 0 Å². The number of aliphatic carboxylic acids is 1. The first-order chi connectivity index (χ1) is 17.1. The maximum atomic E-state index is 13.3. The molecule has 4 unspecified atom stereocenters. The van der Waals surface area contributed by atoms with Crippen molar-refractivity contribution in [3.8, 4) is 0 Å². The molecule has 36 heavy (non-hydrogen) atoms. The lowest BCUT2D eigenvalue weighted by Gasteiger charge is -2.25. The number of carbonyl (C=O) groups excluding carboxylic acids is 4. The molecule has 11 nitrogen and oxygen atoms in total. The smallest absolute Gasteiger partial charge is 0.326 e. The molecule has 0 fully saturated rings. The van der Waals surface area contributed by atoms with Gasteiger partial charge in [0.15, 0.2) is 0 Å². The first kappa shape index (κ1) is 28.0. The molecule has 0 saturated heterocycles. The van der Waals surface area contributed by atoms with E-state index in [4.69, 9.17) is 11.5 Å². The Morgan fingerprint density at radius 3 is 1.47 bits per heavy atom. The van der Waals surface area contributed by atoms with Crippen LogP contribution in [0.1, 0.15) is 24.5 Å². The lowest BCUT2D eigenvalue weighted by Crippen LogP contribution is -2.58. The number of nitrogens with one attached hydrogen (secondary N) is 3. The van der Waals surface area contributed by atoms with Crippen molar-refractivity contribution in [2.45, 2.75) is 50.4 Å². The Kier molecular flexibility index (Phi) is 10.6. The van der Waals surface area contributed by atoms with Gasteiger partial charge < -0.3 is 32.5 Å². The number of nitrogens with two attached hydrogens (primary N) is 2. The topological polar surface area (TPSA) is 194 Å². The first-order valence-corrected chi connectivity index (χ1v) is 11.3. The second kappa shape index (κ2) is 13.6. The zero-order chi connectivity index (χ0) is 26.7. The summed E-state index contributed by atoms with van der Waals surface area (Å²) in [6.45, 7) is 1.48. The number of carboxylic acids is 1. The maximum Gasteiger partial charge on any atom is 0.326 e. The molecule has 8 N–H and O–H groups in total. The first-order valence-electron chi connectivity index (χ1n) is 11.3. The Morgan fingerprint density at radius 1 is 0.722 bits per heavy atom. The molecule has 0 aliphatic carbocycles. The zero-order valence-corrected chi connectivity index (χ0v) is 19.8. The summed E-state index contributed by atoms with van der Waals surface area (Å²) in [7, 11) is 0. The van der Waals surface area contributed by atoms with E-state index in [9.17, 15) is 29.1 Å². The van der Waals surface area contributed by atoms with E-state index in [0.29, 0.717) is 5.56 Å². The SMILES string of the molecule is CC(N)C(=O)NC(Cc1ccccc1)C(=O)NC(Cc1ccccc1)C(=O)NC(CC(N)=O)C(=O)O. The molecule has 0 aromatic heterocycles. The van der Waals surface area contributed by atoms with Crippen LogP contribution in [0.3, 0.4) is 0 Å². The van der Waals surface area contributed by atoms with E-state index in [-0.39, 0.29) is 12.8 Å². The fraction of sp³-hybridized carbons (Fsp3) is 0.320. The third-order valence-electron chi connectivity index (χ3n) is 5.26. The highest BCUT2D eigenvalue weighted by Gasteiger charge is 2.30. The number of rotatable bonds is 13. The van der Waals surface area contributed by atoms with E-state index in [2.05, 4.69) is 16.0 Å². The van der Waals surface area contributed by atoms with Gasteiger partial charge in [-0.25, -0.2) is 4.79 Å². The van der Waals surface area contributed by atoms with Gasteiger partial charge in [0, 0.05) is 12.8 Å². The Morgan fingerprint density at radius 2 is 1.11 bits per heavy atom. The van der Waals surface area contributed by atoms with Crippen molar-refractivity contribution in [3.05, 3.63) is 71.8 Å². The van der Waals surface area contributed by atoms with Crippen molar-refractivity contribution < 1.29 is 29.1 Å². The Hall–Kier alpha value is -4.25. The lowest BCUT2D eigenvalue weighted by atomic mass is 10.0. The van der Waals surface area contributed by atoms with Crippen LogP contribution in [0, 0.1) is 0 Å². The number of benzene rings is 2. The molecule has 0 aliphatic heterocycles. The minimum atomic E-state index is -1.57. The fourth-order valence-electron chi connectivity index (χ4n) is 3.37. The molecule has 0 saturated carbocycles. The summed E-state index contributed by atoms with van der Waals surface area (Å²) in [4.78, 5) is 61.3. The van der Waals surface area contributed by atoms with E-state index in [1.165, 1.54) is 6.92 Å². The van der Waals surface area contributed by atoms with Crippen molar-refractivity contribution in [2.24, 2.45) is 11.5 Å². The van der Waals surface area contributed by atoms with Gasteiger partial charge in [-0.2, -0.15) is 0 Å². The van der Waals surface area contributed by atoms with E-state index in [0.717, 1.165) is 5.56 Å². The second-order valence-corrected chi connectivity index (χ2v) is 8.36. The van der Waals surface area contributed by atoms with Crippen LogP contribution in [0.15, 0.2) is 60.7 Å². The molecular weight excluding hydrogens is 466 g/mol. The maximum absolute atomic E-state index is 13.3. The van der Waals surface area contributed by atoms with E-state index in [1.807, 2.05) is 6.07 Å². The fourth-order valence-corrected chi connectivity index (χ4v) is 3.37. The molecule has 192 valence electrons. The number of carboxylic acid groups (broad SMARTS) is 1. The van der Waals surface area contributed by atoms with Gasteiger partial charge in [-0.05, 0) is 18.1 Å². The number of carbonyl (C=O) groups is 5. The van der Waals surface area contributed by atoms with Gasteiger partial charge in [0.05, 0.1) is 12.5 Å². The number of amides is 4. The largest absolute Gasteiger partial charge is 0.480 e. The Labute approximate surface area is 208 Å². The highest BCUT2D eigenvalue weighted by Crippen LogP contribution is 2.08. The van der Waals surface area contributed by atoms with Crippen LogP contribution in [-0.4, -0.2) is 58.9 Å². The zero-order valence-electron chi connectivity index (χ0n) is 19.8. The highest BCUT2D eigenvalue weighted by molar-refractivity contribution is 5.95. The summed E-state index contributed by atoms with van der Waals surface area (Å²) in [5.74, 6) is -4.39. The molecule has 2 rings (SSSR count). The van der Waals surface area contributed by atoms with Crippen molar-refractivity contribution in [1.29, 1.82) is 0 Å². The summed E-state index contributed by atoms with van der Waals surface area (Å²) in [6.07, 6.45) is -0.459. The van der Waals surface area contributed by atoms with Gasteiger partial charge in [-0.1, -0.05) is 60.7 Å². The van der Waals surface area contributed by atoms with Crippen LogP contribution in [-0.2, 0) is 36.8 Å². The molecule has 4 amide bonds. The predicted molar refractivity (Wildman–Crippen MR) is 131 cm³/mol. The normalized spacial score (nSPS) is 13.9. The summed E-state index contributed by atoms with van der Waals surface area (Å²) in [5, 5.41) is 16.8. The third-order valence-corrected chi connectivity index (χ3v) is 5.26. The van der Waals surface area contributed by atoms with Crippen LogP contribution in [0.25, 0.3) is 0 Å². The monoisotopic (exact) mass is 497 g/mol. The van der Waals surface area contributed by atoms with Gasteiger partial charge in [-0.15, -0.1) is 0 Å². The van der Waals surface area contributed by atoms with Gasteiger partial charge in [-0.3, -0.25) is 19.2 Å². The second-order valence-electron chi connectivity index (χ2n) is 8.36. The Balaban J connectivity index is 2.28. The van der Waals surface area contributed by atoms with Crippen molar-refractivity contribution in [1.82, 2.24) is 16.0 Å². The Bertz CT molecular complexity index is 1060. The van der Waals surface area contributed by atoms with Gasteiger partial charge in [0.25, 0.3) is 0 Å². The molecule has 0 spiro atoms. The molecule has 0 heterocycles. The molecule has 0 radical (unpaired) electrons. The molecular formula is C25H31N5O6. The quantitative estimate of drug-likeness (QED) is 0.209. The molecule has 2 aromatic rings. The standard InChI is InChI=1S/C25H31N5O6/c1-15(26)22(32)28-18(12-16-8-4-2-5-9-16)23(33)29-19(13-17-10-6-3-7-11-17)24(34)30-20(25(35)36)14-21(27)31/h2-11,15,18-20H,12-14,26H2,1H3,(H2,27,31)(H,28,32)(H,29,33)(H,30,34)(H,35,36). The van der Waals surface area contributed by atoms with Gasteiger partial charge in [0.1, 0.15) is 18.1 Å². The van der Waals surface area contributed by atoms with Crippen LogP contribution in [0.5, 0.6) is 0 Å². The average molecular weight is 498 g/mol. The number of hydrogen-bond acceptors (Lipinski definition) is 6. The van der Waals surface area contributed by atoms with Crippen molar-refractivity contribution in [3.63, 3.8) is 0 Å².